The summed E-state index contributed by atoms with van der Waals surface area (Å²) in [6, 6.07) is -0.199. The molecule has 0 aliphatic rings. The van der Waals surface area contributed by atoms with Gasteiger partial charge in [-0.15, -0.1) is 0 Å². The van der Waals surface area contributed by atoms with Gasteiger partial charge in [0.05, 0.1) is 12.6 Å². The van der Waals surface area contributed by atoms with Crippen molar-refractivity contribution in [3.63, 3.8) is 0 Å². The summed E-state index contributed by atoms with van der Waals surface area (Å²) in [6.07, 6.45) is 0. The number of rotatable bonds is 6. The van der Waals surface area contributed by atoms with E-state index in [9.17, 15) is 4.79 Å². The fraction of sp³-hybridized carbons (Fsp3) is 0.889. The van der Waals surface area contributed by atoms with Gasteiger partial charge in [-0.2, -0.15) is 0 Å². The van der Waals surface area contributed by atoms with Crippen molar-refractivity contribution < 1.29 is 9.53 Å². The summed E-state index contributed by atoms with van der Waals surface area (Å²) in [5.74, 6) is 5.19. The number of hydrogen-bond acceptors (Lipinski definition) is 4. The molecule has 0 aromatic heterocycles. The number of nitrogens with one attached hydrogen (secondary N) is 1. The van der Waals surface area contributed by atoms with Crippen LogP contribution in [0.15, 0.2) is 0 Å². The van der Waals surface area contributed by atoms with Gasteiger partial charge in [-0.3, -0.25) is 15.1 Å². The van der Waals surface area contributed by atoms with Crippen LogP contribution in [-0.4, -0.2) is 44.2 Å². The summed E-state index contributed by atoms with van der Waals surface area (Å²) >= 11 is 0. The van der Waals surface area contributed by atoms with E-state index in [0.29, 0.717) is 13.2 Å². The van der Waals surface area contributed by atoms with E-state index in [1.807, 2.05) is 25.8 Å². The monoisotopic (exact) mass is 203 g/mol. The van der Waals surface area contributed by atoms with Crippen molar-refractivity contribution in [2.75, 3.05) is 27.3 Å². The number of likely N-dealkylation sites (N-methyl/N-ethyl adjacent to an activating group) is 1. The highest BCUT2D eigenvalue weighted by molar-refractivity contribution is 5.81. The zero-order valence-corrected chi connectivity index (χ0v) is 9.41. The minimum Gasteiger partial charge on any atom is -0.383 e. The summed E-state index contributed by atoms with van der Waals surface area (Å²) in [6.45, 7) is 5.30. The van der Waals surface area contributed by atoms with Crippen LogP contribution >= 0.6 is 0 Å². The molecule has 3 N–H and O–H groups in total. The van der Waals surface area contributed by atoms with Crippen LogP contribution in [0.2, 0.25) is 0 Å². The SMILES string of the molecule is COCCN(C)C(C(=O)NN)C(C)C. The molecule has 0 saturated heterocycles. The molecule has 0 aliphatic heterocycles. The van der Waals surface area contributed by atoms with Gasteiger partial charge in [0.1, 0.15) is 0 Å². The van der Waals surface area contributed by atoms with Gasteiger partial charge in [0, 0.05) is 13.7 Å². The van der Waals surface area contributed by atoms with Gasteiger partial charge in [-0.1, -0.05) is 13.8 Å². The van der Waals surface area contributed by atoms with Crippen molar-refractivity contribution in [3.05, 3.63) is 0 Å². The molecule has 0 aromatic carbocycles. The van der Waals surface area contributed by atoms with Crippen molar-refractivity contribution in [1.82, 2.24) is 10.3 Å². The molecule has 14 heavy (non-hydrogen) atoms. The van der Waals surface area contributed by atoms with Crippen LogP contribution in [0.3, 0.4) is 0 Å². The maximum atomic E-state index is 11.4. The Kier molecular flexibility index (Phi) is 6.44. The summed E-state index contributed by atoms with van der Waals surface area (Å²) in [4.78, 5) is 13.4. The lowest BCUT2D eigenvalue weighted by Crippen LogP contribution is -2.51. The maximum absolute atomic E-state index is 11.4. The van der Waals surface area contributed by atoms with E-state index < -0.39 is 0 Å². The fourth-order valence-electron chi connectivity index (χ4n) is 1.47. The van der Waals surface area contributed by atoms with Crippen molar-refractivity contribution in [2.45, 2.75) is 19.9 Å². The van der Waals surface area contributed by atoms with E-state index in [0.717, 1.165) is 0 Å². The minimum atomic E-state index is -0.199. The van der Waals surface area contributed by atoms with E-state index in [1.54, 1.807) is 7.11 Å². The van der Waals surface area contributed by atoms with E-state index in [-0.39, 0.29) is 17.9 Å². The van der Waals surface area contributed by atoms with Gasteiger partial charge in [0.15, 0.2) is 0 Å². The van der Waals surface area contributed by atoms with Gasteiger partial charge in [0.25, 0.3) is 5.91 Å². The van der Waals surface area contributed by atoms with Crippen molar-refractivity contribution in [2.24, 2.45) is 11.8 Å². The first kappa shape index (κ1) is 13.4. The number of carbonyl (C=O) groups is 1. The molecule has 0 bridgehead atoms. The molecule has 5 nitrogen and oxygen atoms in total. The third-order valence-electron chi connectivity index (χ3n) is 2.17. The van der Waals surface area contributed by atoms with Crippen LogP contribution in [-0.2, 0) is 9.53 Å². The van der Waals surface area contributed by atoms with Crippen LogP contribution in [0, 0.1) is 5.92 Å². The van der Waals surface area contributed by atoms with E-state index >= 15 is 0 Å². The van der Waals surface area contributed by atoms with Gasteiger partial charge in [-0.25, -0.2) is 5.84 Å². The number of nitrogens with two attached hydrogens (primary N) is 1. The zero-order chi connectivity index (χ0) is 11.1. The smallest absolute Gasteiger partial charge is 0.251 e. The first-order valence-corrected chi connectivity index (χ1v) is 4.74. The molecule has 1 atom stereocenters. The minimum absolute atomic E-state index is 0.154. The van der Waals surface area contributed by atoms with E-state index in [4.69, 9.17) is 10.6 Å². The summed E-state index contributed by atoms with van der Waals surface area (Å²) in [7, 11) is 3.53. The second kappa shape index (κ2) is 6.75. The standard InChI is InChI=1S/C9H21N3O2/c1-7(2)8(9(13)11-10)12(3)5-6-14-4/h7-8H,5-6,10H2,1-4H3,(H,11,13). The molecule has 0 aromatic rings. The lowest BCUT2D eigenvalue weighted by atomic mass is 10.0. The van der Waals surface area contributed by atoms with Crippen molar-refractivity contribution in [1.29, 1.82) is 0 Å². The molecule has 0 aliphatic carbocycles. The normalized spacial score (nSPS) is 13.4. The molecule has 1 unspecified atom stereocenters. The van der Waals surface area contributed by atoms with Crippen LogP contribution < -0.4 is 11.3 Å². The molecule has 0 rings (SSSR count). The fourth-order valence-corrected chi connectivity index (χ4v) is 1.47. The number of hydrazine groups is 1. The molecule has 0 radical (unpaired) electrons. The maximum Gasteiger partial charge on any atom is 0.251 e. The van der Waals surface area contributed by atoms with Gasteiger partial charge in [-0.05, 0) is 13.0 Å². The highest BCUT2D eigenvalue weighted by Crippen LogP contribution is 2.08. The van der Waals surface area contributed by atoms with Crippen LogP contribution in [0.4, 0.5) is 0 Å². The Labute approximate surface area is 85.6 Å². The van der Waals surface area contributed by atoms with Crippen LogP contribution in [0.5, 0.6) is 0 Å². The summed E-state index contributed by atoms with van der Waals surface area (Å²) in [5.41, 5.74) is 2.18. The number of ether oxygens (including phenoxy) is 1. The molecule has 84 valence electrons. The second-order valence-electron chi connectivity index (χ2n) is 3.67. The number of amides is 1. The Bertz CT molecular complexity index is 173. The summed E-state index contributed by atoms with van der Waals surface area (Å²) in [5, 5.41) is 0. The van der Waals surface area contributed by atoms with Crippen molar-refractivity contribution >= 4 is 5.91 Å². The number of hydrogen-bond donors (Lipinski definition) is 2. The number of nitrogens with zero attached hydrogens (tertiary/aromatic N) is 1. The van der Waals surface area contributed by atoms with Crippen molar-refractivity contribution in [3.8, 4) is 0 Å². The molecule has 5 heteroatoms. The predicted octanol–water partition coefficient (Wildman–Crippen LogP) is -0.421. The average molecular weight is 203 g/mol. The van der Waals surface area contributed by atoms with Gasteiger partial charge < -0.3 is 4.74 Å². The lowest BCUT2D eigenvalue weighted by Gasteiger charge is -2.29. The van der Waals surface area contributed by atoms with E-state index in [1.165, 1.54) is 0 Å². The highest BCUT2D eigenvalue weighted by Gasteiger charge is 2.25. The quantitative estimate of drug-likeness (QED) is 0.349. The first-order chi connectivity index (χ1) is 6.54. The Hall–Kier alpha value is -0.650. The second-order valence-corrected chi connectivity index (χ2v) is 3.67. The molecular weight excluding hydrogens is 182 g/mol. The number of methoxy groups -OCH3 is 1. The first-order valence-electron chi connectivity index (χ1n) is 4.74. The van der Waals surface area contributed by atoms with E-state index in [2.05, 4.69) is 5.43 Å². The molecule has 1 amide bonds. The molecule has 0 fully saturated rings. The largest absolute Gasteiger partial charge is 0.383 e. The Morgan fingerprint density at radius 3 is 2.50 bits per heavy atom. The van der Waals surface area contributed by atoms with Gasteiger partial charge in [0.2, 0.25) is 0 Å². The molecule has 0 heterocycles. The third kappa shape index (κ3) is 4.04. The summed E-state index contributed by atoms with van der Waals surface area (Å²) < 4.78 is 4.95. The topological polar surface area (TPSA) is 67.6 Å². The molecule has 0 spiro atoms. The third-order valence-corrected chi connectivity index (χ3v) is 2.17. The van der Waals surface area contributed by atoms with Crippen LogP contribution in [0.25, 0.3) is 0 Å². The average Bonchev–Trinajstić information content (AvgIpc) is 2.14. The highest BCUT2D eigenvalue weighted by atomic mass is 16.5. The number of carbonyl (C=O) groups excluding carboxylic acids is 1. The Morgan fingerprint density at radius 2 is 2.14 bits per heavy atom. The lowest BCUT2D eigenvalue weighted by molar-refractivity contribution is -0.127. The van der Waals surface area contributed by atoms with Crippen LogP contribution in [0.1, 0.15) is 13.8 Å². The van der Waals surface area contributed by atoms with Gasteiger partial charge >= 0.3 is 0 Å². The molecule has 0 saturated carbocycles. The Morgan fingerprint density at radius 1 is 1.57 bits per heavy atom. The Balaban J connectivity index is 4.25. The predicted molar refractivity (Wildman–Crippen MR) is 55.5 cm³/mol. The molecular formula is C9H21N3O2. The zero-order valence-electron chi connectivity index (χ0n) is 9.41.